The number of rotatable bonds is 4. The molecule has 6 nitrogen and oxygen atoms in total. The molecule has 1 aliphatic carbocycles. The first-order valence-corrected chi connectivity index (χ1v) is 9.04. The summed E-state index contributed by atoms with van der Waals surface area (Å²) in [6.07, 6.45) is 6.14. The SMILES string of the molecule is C[C@@H](OC(=O)[C@H]1CCCS1)C(=O)NC(=O)NC1CCCCC1. The summed E-state index contributed by atoms with van der Waals surface area (Å²) >= 11 is 1.56. The third-order valence-electron chi connectivity index (χ3n) is 4.03. The van der Waals surface area contributed by atoms with Crippen molar-refractivity contribution in [1.82, 2.24) is 10.6 Å². The van der Waals surface area contributed by atoms with Gasteiger partial charge in [0.2, 0.25) is 0 Å². The van der Waals surface area contributed by atoms with E-state index in [1.807, 2.05) is 0 Å². The standard InChI is InChI=1S/C15H24N2O4S/c1-10(21-14(19)12-8-5-9-22-12)13(18)17-15(20)16-11-6-3-2-4-7-11/h10-12H,2-9H2,1H3,(H2,16,17,18,20)/t10-,12-/m1/s1. The van der Waals surface area contributed by atoms with Gasteiger partial charge in [0.25, 0.3) is 5.91 Å². The zero-order chi connectivity index (χ0) is 15.9. The zero-order valence-corrected chi connectivity index (χ0v) is 13.7. The van der Waals surface area contributed by atoms with E-state index in [1.54, 1.807) is 11.8 Å². The quantitative estimate of drug-likeness (QED) is 0.771. The lowest BCUT2D eigenvalue weighted by Crippen LogP contribution is -2.48. The molecule has 2 atom stereocenters. The molecule has 0 bridgehead atoms. The van der Waals surface area contributed by atoms with Gasteiger partial charge in [-0.15, -0.1) is 11.8 Å². The van der Waals surface area contributed by atoms with Crippen LogP contribution in [-0.4, -0.2) is 41.1 Å². The molecule has 1 aliphatic heterocycles. The molecular weight excluding hydrogens is 304 g/mol. The van der Waals surface area contributed by atoms with Gasteiger partial charge in [-0.25, -0.2) is 4.79 Å². The fourth-order valence-electron chi connectivity index (χ4n) is 2.75. The topological polar surface area (TPSA) is 84.5 Å². The second-order valence-corrected chi connectivity index (χ2v) is 7.19. The van der Waals surface area contributed by atoms with E-state index in [-0.39, 0.29) is 17.3 Å². The number of imide groups is 1. The Morgan fingerprint density at radius 1 is 1.09 bits per heavy atom. The number of nitrogens with one attached hydrogen (secondary N) is 2. The normalized spacial score (nSPS) is 23.6. The maximum absolute atomic E-state index is 11.9. The summed E-state index contributed by atoms with van der Waals surface area (Å²) in [5, 5.41) is 4.87. The summed E-state index contributed by atoms with van der Waals surface area (Å²) in [5.41, 5.74) is 0. The molecule has 0 spiro atoms. The van der Waals surface area contributed by atoms with Crippen LogP contribution in [0.4, 0.5) is 4.79 Å². The van der Waals surface area contributed by atoms with E-state index in [2.05, 4.69) is 10.6 Å². The summed E-state index contributed by atoms with van der Waals surface area (Å²) in [4.78, 5) is 35.5. The van der Waals surface area contributed by atoms with Crippen LogP contribution < -0.4 is 10.6 Å². The first kappa shape index (κ1) is 17.1. The molecule has 7 heteroatoms. The molecule has 3 amide bonds. The van der Waals surface area contributed by atoms with Gasteiger partial charge >= 0.3 is 12.0 Å². The number of hydrogen-bond donors (Lipinski definition) is 2. The maximum atomic E-state index is 11.9. The van der Waals surface area contributed by atoms with Gasteiger partial charge in [0.15, 0.2) is 6.10 Å². The number of carbonyl (C=O) groups is 3. The largest absolute Gasteiger partial charge is 0.452 e. The van der Waals surface area contributed by atoms with Gasteiger partial charge in [-0.05, 0) is 38.4 Å². The molecule has 1 saturated carbocycles. The molecular formula is C15H24N2O4S. The van der Waals surface area contributed by atoms with Gasteiger partial charge in [-0.1, -0.05) is 19.3 Å². The molecule has 2 rings (SSSR count). The van der Waals surface area contributed by atoms with E-state index in [4.69, 9.17) is 4.74 Å². The molecule has 2 aliphatic rings. The second kappa shape index (κ2) is 8.41. The van der Waals surface area contributed by atoms with Crippen LogP contribution in [0.2, 0.25) is 0 Å². The Morgan fingerprint density at radius 2 is 1.82 bits per heavy atom. The van der Waals surface area contributed by atoms with Crippen LogP contribution in [0.1, 0.15) is 51.9 Å². The Kier molecular flexibility index (Phi) is 6.54. The van der Waals surface area contributed by atoms with Gasteiger partial charge in [0.05, 0.1) is 0 Å². The molecule has 0 aromatic heterocycles. The van der Waals surface area contributed by atoms with Crippen LogP contribution in [0.3, 0.4) is 0 Å². The maximum Gasteiger partial charge on any atom is 0.321 e. The highest BCUT2D eigenvalue weighted by molar-refractivity contribution is 8.00. The summed E-state index contributed by atoms with van der Waals surface area (Å²) in [6.45, 7) is 1.49. The Morgan fingerprint density at radius 3 is 2.45 bits per heavy atom. The summed E-state index contributed by atoms with van der Waals surface area (Å²) in [6, 6.07) is -0.371. The molecule has 124 valence electrons. The predicted molar refractivity (Wildman–Crippen MR) is 84.6 cm³/mol. The van der Waals surface area contributed by atoms with Crippen LogP contribution in [0, 0.1) is 0 Å². The number of ether oxygens (including phenoxy) is 1. The lowest BCUT2D eigenvalue weighted by atomic mass is 9.96. The molecule has 1 heterocycles. The lowest BCUT2D eigenvalue weighted by Gasteiger charge is -2.23. The molecule has 2 fully saturated rings. The summed E-state index contributed by atoms with van der Waals surface area (Å²) in [5.74, 6) is 0.00642. The highest BCUT2D eigenvalue weighted by Crippen LogP contribution is 2.27. The Balaban J connectivity index is 1.70. The van der Waals surface area contributed by atoms with Crippen molar-refractivity contribution in [2.75, 3.05) is 5.75 Å². The summed E-state index contributed by atoms with van der Waals surface area (Å²) in [7, 11) is 0. The van der Waals surface area contributed by atoms with E-state index in [0.29, 0.717) is 0 Å². The monoisotopic (exact) mass is 328 g/mol. The van der Waals surface area contributed by atoms with E-state index in [0.717, 1.165) is 44.3 Å². The van der Waals surface area contributed by atoms with E-state index < -0.39 is 18.0 Å². The number of amides is 3. The fourth-order valence-corrected chi connectivity index (χ4v) is 3.89. The molecule has 2 N–H and O–H groups in total. The Hall–Kier alpha value is -1.24. The molecule has 0 unspecified atom stereocenters. The van der Waals surface area contributed by atoms with Crippen molar-refractivity contribution in [3.63, 3.8) is 0 Å². The van der Waals surface area contributed by atoms with Crippen molar-refractivity contribution in [1.29, 1.82) is 0 Å². The average Bonchev–Trinajstić information content (AvgIpc) is 3.02. The highest BCUT2D eigenvalue weighted by atomic mass is 32.2. The zero-order valence-electron chi connectivity index (χ0n) is 12.9. The molecule has 1 saturated heterocycles. The van der Waals surface area contributed by atoms with E-state index in [1.165, 1.54) is 13.3 Å². The van der Waals surface area contributed by atoms with Crippen LogP contribution in [0.25, 0.3) is 0 Å². The molecule has 22 heavy (non-hydrogen) atoms. The van der Waals surface area contributed by atoms with Gasteiger partial charge < -0.3 is 10.1 Å². The lowest BCUT2D eigenvalue weighted by molar-refractivity contribution is -0.153. The number of esters is 1. The van der Waals surface area contributed by atoms with Gasteiger partial charge in [-0.3, -0.25) is 14.9 Å². The van der Waals surface area contributed by atoms with Crippen molar-refractivity contribution in [3.05, 3.63) is 0 Å². The van der Waals surface area contributed by atoms with Crippen molar-refractivity contribution in [3.8, 4) is 0 Å². The highest BCUT2D eigenvalue weighted by Gasteiger charge is 2.28. The third kappa shape index (κ3) is 5.19. The van der Waals surface area contributed by atoms with Crippen molar-refractivity contribution < 1.29 is 19.1 Å². The van der Waals surface area contributed by atoms with Crippen LogP contribution in [0.15, 0.2) is 0 Å². The van der Waals surface area contributed by atoms with E-state index >= 15 is 0 Å². The van der Waals surface area contributed by atoms with Gasteiger partial charge in [-0.2, -0.15) is 0 Å². The third-order valence-corrected chi connectivity index (χ3v) is 5.39. The Bertz CT molecular complexity index is 418. The Labute approximate surface area is 135 Å². The van der Waals surface area contributed by atoms with Crippen molar-refractivity contribution >= 4 is 29.7 Å². The van der Waals surface area contributed by atoms with Crippen LogP contribution >= 0.6 is 11.8 Å². The molecule has 0 radical (unpaired) electrons. The van der Waals surface area contributed by atoms with Crippen molar-refractivity contribution in [2.24, 2.45) is 0 Å². The van der Waals surface area contributed by atoms with Gasteiger partial charge in [0, 0.05) is 6.04 Å². The van der Waals surface area contributed by atoms with E-state index in [9.17, 15) is 14.4 Å². The number of thioether (sulfide) groups is 1. The smallest absolute Gasteiger partial charge is 0.321 e. The number of carbonyl (C=O) groups excluding carboxylic acids is 3. The minimum absolute atomic E-state index is 0.134. The average molecular weight is 328 g/mol. The van der Waals surface area contributed by atoms with Crippen molar-refractivity contribution in [2.45, 2.75) is 69.3 Å². The summed E-state index contributed by atoms with van der Waals surface area (Å²) < 4.78 is 5.14. The van der Waals surface area contributed by atoms with Gasteiger partial charge in [0.1, 0.15) is 5.25 Å². The molecule has 0 aromatic carbocycles. The van der Waals surface area contributed by atoms with Crippen LogP contribution in [-0.2, 0) is 14.3 Å². The molecule has 0 aromatic rings. The predicted octanol–water partition coefficient (Wildman–Crippen LogP) is 1.97. The fraction of sp³-hybridized carbons (Fsp3) is 0.800. The number of urea groups is 1. The first-order chi connectivity index (χ1) is 10.6. The minimum Gasteiger partial charge on any atom is -0.452 e. The first-order valence-electron chi connectivity index (χ1n) is 7.99. The number of hydrogen-bond acceptors (Lipinski definition) is 5. The second-order valence-electron chi connectivity index (χ2n) is 5.88. The van der Waals surface area contributed by atoms with Crippen LogP contribution in [0.5, 0.6) is 0 Å². The minimum atomic E-state index is -0.953.